The van der Waals surface area contributed by atoms with Crippen LogP contribution in [0.2, 0.25) is 0 Å². The van der Waals surface area contributed by atoms with Crippen LogP contribution in [0.25, 0.3) is 0 Å². The summed E-state index contributed by atoms with van der Waals surface area (Å²) in [6.45, 7) is 5.55. The lowest BCUT2D eigenvalue weighted by Crippen LogP contribution is -2.45. The fourth-order valence-corrected chi connectivity index (χ4v) is 3.40. The molecule has 1 aliphatic rings. The van der Waals surface area contributed by atoms with Gasteiger partial charge in [0.25, 0.3) is 0 Å². The highest BCUT2D eigenvalue weighted by molar-refractivity contribution is 5.80. The van der Waals surface area contributed by atoms with Gasteiger partial charge in [0.05, 0.1) is 12.7 Å². The average molecular weight is 367 g/mol. The quantitative estimate of drug-likeness (QED) is 0.447. The van der Waals surface area contributed by atoms with Crippen LogP contribution >= 0.6 is 0 Å². The second-order valence-electron chi connectivity index (χ2n) is 6.88. The monoisotopic (exact) mass is 367 g/mol. The molecule has 6 nitrogen and oxygen atoms in total. The first-order chi connectivity index (χ1) is 13.2. The zero-order chi connectivity index (χ0) is 18.9. The Labute approximate surface area is 161 Å². The minimum Gasteiger partial charge on any atom is -0.490 e. The number of benzene rings is 1. The van der Waals surface area contributed by atoms with Crippen molar-refractivity contribution in [3.63, 3.8) is 0 Å². The number of hydrogen-bond acceptors (Lipinski definition) is 4. The largest absolute Gasteiger partial charge is 0.490 e. The van der Waals surface area contributed by atoms with E-state index in [1.165, 1.54) is 5.56 Å². The number of hydrogen-bond donors (Lipinski definition) is 2. The van der Waals surface area contributed by atoms with Crippen molar-refractivity contribution in [3.8, 4) is 5.75 Å². The summed E-state index contributed by atoms with van der Waals surface area (Å²) in [5.41, 5.74) is 1.36. The van der Waals surface area contributed by atoms with E-state index in [-0.39, 0.29) is 0 Å². The molecular formula is C21H29N5O. The number of nitrogens with one attached hydrogen (secondary N) is 2. The van der Waals surface area contributed by atoms with Crippen LogP contribution in [0.1, 0.15) is 18.9 Å². The minimum absolute atomic E-state index is 0.397. The topological polar surface area (TPSA) is 61.8 Å². The van der Waals surface area contributed by atoms with Gasteiger partial charge >= 0.3 is 0 Å². The van der Waals surface area contributed by atoms with Crippen LogP contribution in [-0.2, 0) is 6.54 Å². The molecule has 1 aliphatic heterocycles. The number of pyridine rings is 1. The third kappa shape index (κ3) is 5.96. The summed E-state index contributed by atoms with van der Waals surface area (Å²) in [6, 6.07) is 15.4. The highest BCUT2D eigenvalue weighted by atomic mass is 16.5. The molecule has 2 unspecified atom stereocenters. The van der Waals surface area contributed by atoms with E-state index >= 15 is 0 Å². The molecule has 2 atom stereocenters. The van der Waals surface area contributed by atoms with E-state index in [0.717, 1.165) is 31.2 Å². The lowest BCUT2D eigenvalue weighted by Gasteiger charge is -2.21. The van der Waals surface area contributed by atoms with Crippen LogP contribution in [0.5, 0.6) is 5.75 Å². The maximum absolute atomic E-state index is 5.66. The molecule has 0 saturated carbocycles. The van der Waals surface area contributed by atoms with Gasteiger partial charge in [-0.2, -0.15) is 0 Å². The summed E-state index contributed by atoms with van der Waals surface area (Å²) in [6.07, 6.45) is 4.56. The van der Waals surface area contributed by atoms with E-state index in [1.54, 1.807) is 19.4 Å². The van der Waals surface area contributed by atoms with E-state index in [0.29, 0.717) is 25.2 Å². The Balaban J connectivity index is 1.40. The van der Waals surface area contributed by atoms with Crippen molar-refractivity contribution in [2.75, 3.05) is 26.7 Å². The summed E-state index contributed by atoms with van der Waals surface area (Å²) in [5.74, 6) is 1.60. The zero-order valence-electron chi connectivity index (χ0n) is 16.1. The van der Waals surface area contributed by atoms with Gasteiger partial charge in [0.1, 0.15) is 12.4 Å². The first-order valence-electron chi connectivity index (χ1n) is 9.52. The van der Waals surface area contributed by atoms with Gasteiger partial charge in [0.2, 0.25) is 0 Å². The molecule has 0 spiro atoms. The first kappa shape index (κ1) is 19.2. The molecule has 0 radical (unpaired) electrons. The van der Waals surface area contributed by atoms with Gasteiger partial charge in [-0.3, -0.25) is 14.9 Å². The normalized spacial score (nSPS) is 20.4. The van der Waals surface area contributed by atoms with E-state index in [1.807, 2.05) is 12.1 Å². The zero-order valence-corrected chi connectivity index (χ0v) is 16.1. The van der Waals surface area contributed by atoms with Gasteiger partial charge in [0, 0.05) is 38.4 Å². The highest BCUT2D eigenvalue weighted by Crippen LogP contribution is 2.20. The fraction of sp³-hybridized carbons (Fsp3) is 0.429. The van der Waals surface area contributed by atoms with Crippen LogP contribution in [-0.4, -0.2) is 54.7 Å². The van der Waals surface area contributed by atoms with Crippen molar-refractivity contribution in [3.05, 3.63) is 60.4 Å². The molecule has 0 amide bonds. The first-order valence-corrected chi connectivity index (χ1v) is 9.52. The van der Waals surface area contributed by atoms with Crippen molar-refractivity contribution >= 4 is 5.96 Å². The predicted octanol–water partition coefficient (Wildman–Crippen LogP) is 2.29. The van der Waals surface area contributed by atoms with E-state index < -0.39 is 0 Å². The van der Waals surface area contributed by atoms with Gasteiger partial charge in [0.15, 0.2) is 5.96 Å². The Kier molecular flexibility index (Phi) is 7.04. The Hall–Kier alpha value is -2.60. The summed E-state index contributed by atoms with van der Waals surface area (Å²) in [5, 5.41) is 6.86. The minimum atomic E-state index is 0.397. The van der Waals surface area contributed by atoms with E-state index in [2.05, 4.69) is 62.8 Å². The molecule has 2 N–H and O–H groups in total. The van der Waals surface area contributed by atoms with Crippen LogP contribution in [0, 0.1) is 0 Å². The van der Waals surface area contributed by atoms with Crippen LogP contribution in [0.15, 0.2) is 59.9 Å². The molecule has 2 heterocycles. The summed E-state index contributed by atoms with van der Waals surface area (Å²) in [7, 11) is 1.80. The number of aliphatic imine (C=N–C) groups is 1. The molecule has 27 heavy (non-hydrogen) atoms. The molecule has 1 saturated heterocycles. The number of rotatable bonds is 7. The Bertz CT molecular complexity index is 707. The molecule has 1 aromatic heterocycles. The SMILES string of the molecule is CN=C(NCCOc1cccnc1)NC1CC(C)N(Cc2ccccc2)C1. The predicted molar refractivity (Wildman–Crippen MR) is 109 cm³/mol. The van der Waals surface area contributed by atoms with Gasteiger partial charge in [-0.05, 0) is 31.0 Å². The van der Waals surface area contributed by atoms with Crippen LogP contribution in [0.4, 0.5) is 0 Å². The summed E-state index contributed by atoms with van der Waals surface area (Å²) in [4.78, 5) is 10.9. The highest BCUT2D eigenvalue weighted by Gasteiger charge is 2.29. The van der Waals surface area contributed by atoms with E-state index in [9.17, 15) is 0 Å². The molecule has 1 fully saturated rings. The number of likely N-dealkylation sites (tertiary alicyclic amines) is 1. The number of nitrogens with zero attached hydrogens (tertiary/aromatic N) is 3. The fourth-order valence-electron chi connectivity index (χ4n) is 3.40. The van der Waals surface area contributed by atoms with Crippen molar-refractivity contribution in [1.29, 1.82) is 0 Å². The molecule has 0 aliphatic carbocycles. The third-order valence-corrected chi connectivity index (χ3v) is 4.79. The smallest absolute Gasteiger partial charge is 0.191 e. The van der Waals surface area contributed by atoms with Gasteiger partial charge in [-0.1, -0.05) is 30.3 Å². The Morgan fingerprint density at radius 2 is 2.11 bits per heavy atom. The Morgan fingerprint density at radius 1 is 1.26 bits per heavy atom. The second-order valence-corrected chi connectivity index (χ2v) is 6.88. The van der Waals surface area contributed by atoms with Crippen molar-refractivity contribution in [1.82, 2.24) is 20.5 Å². The maximum atomic E-state index is 5.66. The van der Waals surface area contributed by atoms with E-state index in [4.69, 9.17) is 4.74 Å². The van der Waals surface area contributed by atoms with Crippen LogP contribution < -0.4 is 15.4 Å². The molecule has 0 bridgehead atoms. The lowest BCUT2D eigenvalue weighted by molar-refractivity contribution is 0.258. The van der Waals surface area contributed by atoms with Gasteiger partial charge < -0.3 is 15.4 Å². The summed E-state index contributed by atoms with van der Waals surface area (Å²) >= 11 is 0. The van der Waals surface area contributed by atoms with Crippen molar-refractivity contribution in [2.45, 2.75) is 32.0 Å². The number of ether oxygens (including phenoxy) is 1. The third-order valence-electron chi connectivity index (χ3n) is 4.79. The summed E-state index contributed by atoms with van der Waals surface area (Å²) < 4.78 is 5.66. The molecular weight excluding hydrogens is 338 g/mol. The standard InChI is InChI=1S/C21H29N5O/c1-17-13-19(16-26(17)15-18-7-4-3-5-8-18)25-21(22-2)24-11-12-27-20-9-6-10-23-14-20/h3-10,14,17,19H,11-13,15-16H2,1-2H3,(H2,22,24,25). The number of guanidine groups is 1. The van der Waals surface area contributed by atoms with Gasteiger partial charge in [-0.15, -0.1) is 0 Å². The molecule has 6 heteroatoms. The van der Waals surface area contributed by atoms with Gasteiger partial charge in [-0.25, -0.2) is 0 Å². The molecule has 3 rings (SSSR count). The average Bonchev–Trinajstić information content (AvgIpc) is 3.04. The van der Waals surface area contributed by atoms with Crippen LogP contribution in [0.3, 0.4) is 0 Å². The Morgan fingerprint density at radius 3 is 2.85 bits per heavy atom. The number of aromatic nitrogens is 1. The molecule has 144 valence electrons. The molecule has 2 aromatic rings. The second kappa shape index (κ2) is 9.92. The lowest BCUT2D eigenvalue weighted by atomic mass is 10.2. The van der Waals surface area contributed by atoms with Crippen molar-refractivity contribution < 1.29 is 4.74 Å². The van der Waals surface area contributed by atoms with Crippen molar-refractivity contribution in [2.24, 2.45) is 4.99 Å². The molecule has 1 aromatic carbocycles. The maximum Gasteiger partial charge on any atom is 0.191 e.